The van der Waals surface area contributed by atoms with Gasteiger partial charge in [-0.15, -0.1) is 0 Å². The van der Waals surface area contributed by atoms with E-state index < -0.39 is 11.6 Å². The molecule has 3 fully saturated rings. The van der Waals surface area contributed by atoms with Crippen LogP contribution in [0, 0.1) is 17.6 Å². The van der Waals surface area contributed by atoms with Crippen LogP contribution in [-0.4, -0.2) is 42.1 Å². The zero-order chi connectivity index (χ0) is 16.0. The van der Waals surface area contributed by atoms with Gasteiger partial charge < -0.3 is 10.1 Å². The van der Waals surface area contributed by atoms with Gasteiger partial charge in [0.25, 0.3) is 0 Å². The first-order valence-corrected chi connectivity index (χ1v) is 8.22. The summed E-state index contributed by atoms with van der Waals surface area (Å²) in [7, 11) is 0. The number of halogens is 2. The van der Waals surface area contributed by atoms with Crippen LogP contribution in [0.1, 0.15) is 24.8 Å². The largest absolute Gasteiger partial charge is 0.376 e. The average molecular weight is 322 g/mol. The summed E-state index contributed by atoms with van der Waals surface area (Å²) in [6.07, 6.45) is 2.79. The van der Waals surface area contributed by atoms with Crippen LogP contribution in [0.2, 0.25) is 0 Å². The number of amides is 1. The molecule has 0 radical (unpaired) electrons. The van der Waals surface area contributed by atoms with Crippen LogP contribution in [-0.2, 0) is 16.1 Å². The van der Waals surface area contributed by atoms with Crippen molar-refractivity contribution in [2.75, 3.05) is 13.2 Å². The topological polar surface area (TPSA) is 41.6 Å². The monoisotopic (exact) mass is 322 g/mol. The molecule has 1 N–H and O–H groups in total. The van der Waals surface area contributed by atoms with Gasteiger partial charge in [0.15, 0.2) is 11.6 Å². The summed E-state index contributed by atoms with van der Waals surface area (Å²) in [6.45, 7) is 1.45. The normalized spacial score (nSPS) is 30.4. The Morgan fingerprint density at radius 2 is 2.13 bits per heavy atom. The van der Waals surface area contributed by atoms with Crippen molar-refractivity contribution in [3.63, 3.8) is 0 Å². The third kappa shape index (κ3) is 2.85. The Hall–Kier alpha value is -1.53. The number of rotatable bonds is 4. The molecule has 23 heavy (non-hydrogen) atoms. The Morgan fingerprint density at radius 1 is 1.30 bits per heavy atom. The van der Waals surface area contributed by atoms with Gasteiger partial charge in [0.05, 0.1) is 12.0 Å². The molecule has 3 aliphatic rings. The fourth-order valence-corrected chi connectivity index (χ4v) is 3.71. The quantitative estimate of drug-likeness (QED) is 0.920. The molecule has 0 bridgehead atoms. The molecule has 1 aromatic rings. The van der Waals surface area contributed by atoms with Gasteiger partial charge in [-0.2, -0.15) is 0 Å². The van der Waals surface area contributed by atoms with E-state index >= 15 is 0 Å². The van der Waals surface area contributed by atoms with E-state index in [2.05, 4.69) is 10.2 Å². The Balaban J connectivity index is 1.50. The highest BCUT2D eigenvalue weighted by molar-refractivity contribution is 5.80. The number of hydrogen-bond donors (Lipinski definition) is 1. The summed E-state index contributed by atoms with van der Waals surface area (Å²) in [5.74, 6) is -1.82. The molecule has 2 aliphatic heterocycles. The van der Waals surface area contributed by atoms with Crippen LogP contribution in [0.5, 0.6) is 0 Å². The minimum absolute atomic E-state index is 0.0339. The lowest BCUT2D eigenvalue weighted by atomic mass is 10.0. The lowest BCUT2D eigenvalue weighted by Gasteiger charge is -2.22. The van der Waals surface area contributed by atoms with Gasteiger partial charge in [-0.25, -0.2) is 8.78 Å². The number of benzene rings is 1. The molecule has 1 aliphatic carbocycles. The highest BCUT2D eigenvalue weighted by Gasteiger charge is 2.49. The molecule has 4 nitrogen and oxygen atoms in total. The number of carbonyl (C=O) groups excluding carboxylic acids is 1. The van der Waals surface area contributed by atoms with Crippen molar-refractivity contribution in [2.24, 2.45) is 5.92 Å². The lowest BCUT2D eigenvalue weighted by molar-refractivity contribution is -0.127. The van der Waals surface area contributed by atoms with Gasteiger partial charge in [-0.3, -0.25) is 9.69 Å². The first kappa shape index (κ1) is 15.0. The van der Waals surface area contributed by atoms with Gasteiger partial charge in [-0.05, 0) is 25.3 Å². The standard InChI is InChI=1S/C17H20F2N2O2/c18-13-3-1-2-10(15(13)19)8-21-9-12(16-14(21)6-7-23-16)17(22)20-11-4-5-11/h1-3,11-12,14,16H,4-9H2,(H,20,22)/t12-,14+,16+/m0/s1. The zero-order valence-electron chi connectivity index (χ0n) is 12.8. The molecular formula is C17H20F2N2O2. The van der Waals surface area contributed by atoms with Crippen LogP contribution >= 0.6 is 0 Å². The molecule has 0 aromatic heterocycles. The maximum Gasteiger partial charge on any atom is 0.227 e. The first-order chi connectivity index (χ1) is 11.1. The summed E-state index contributed by atoms with van der Waals surface area (Å²) in [5, 5.41) is 3.03. The second kappa shape index (κ2) is 5.83. The van der Waals surface area contributed by atoms with Crippen molar-refractivity contribution in [3.05, 3.63) is 35.4 Å². The predicted molar refractivity (Wildman–Crippen MR) is 79.6 cm³/mol. The number of likely N-dealkylation sites (tertiary alicyclic amines) is 1. The summed E-state index contributed by atoms with van der Waals surface area (Å²) in [6, 6.07) is 4.66. The third-order valence-electron chi connectivity index (χ3n) is 5.07. The fourth-order valence-electron chi connectivity index (χ4n) is 3.71. The van der Waals surface area contributed by atoms with Gasteiger partial charge in [0, 0.05) is 37.3 Å². The van der Waals surface area contributed by atoms with Crippen molar-refractivity contribution in [3.8, 4) is 0 Å². The molecule has 0 spiro atoms. The number of nitrogens with one attached hydrogen (secondary N) is 1. The van der Waals surface area contributed by atoms with E-state index in [1.807, 2.05) is 0 Å². The number of hydrogen-bond acceptors (Lipinski definition) is 3. The van der Waals surface area contributed by atoms with Crippen LogP contribution in [0.4, 0.5) is 8.78 Å². The molecule has 6 heteroatoms. The lowest BCUT2D eigenvalue weighted by Crippen LogP contribution is -2.39. The van der Waals surface area contributed by atoms with Gasteiger partial charge in [-0.1, -0.05) is 12.1 Å². The SMILES string of the molecule is O=C(NC1CC1)[C@H]1CN(Cc2cccc(F)c2F)[C@@H]2CCO[C@H]12. The number of nitrogens with zero attached hydrogens (tertiary/aromatic N) is 1. The van der Waals surface area contributed by atoms with Crippen molar-refractivity contribution < 1.29 is 18.3 Å². The summed E-state index contributed by atoms with van der Waals surface area (Å²) < 4.78 is 33.1. The highest BCUT2D eigenvalue weighted by atomic mass is 19.2. The average Bonchev–Trinajstić information content (AvgIpc) is 3.09. The molecule has 3 atom stereocenters. The Kier molecular flexibility index (Phi) is 3.81. The smallest absolute Gasteiger partial charge is 0.227 e. The Bertz CT molecular complexity index is 621. The Labute approximate surface area is 133 Å². The molecule has 1 saturated carbocycles. The second-order valence-electron chi connectivity index (χ2n) is 6.72. The first-order valence-electron chi connectivity index (χ1n) is 8.22. The van der Waals surface area contributed by atoms with Crippen LogP contribution in [0.3, 0.4) is 0 Å². The van der Waals surface area contributed by atoms with Crippen molar-refractivity contribution in [2.45, 2.75) is 44.0 Å². The molecule has 4 rings (SSSR count). The van der Waals surface area contributed by atoms with Crippen molar-refractivity contribution >= 4 is 5.91 Å². The van der Waals surface area contributed by atoms with Crippen LogP contribution in [0.15, 0.2) is 18.2 Å². The van der Waals surface area contributed by atoms with Crippen LogP contribution in [0.25, 0.3) is 0 Å². The molecule has 124 valence electrons. The minimum Gasteiger partial charge on any atom is -0.376 e. The van der Waals surface area contributed by atoms with Gasteiger partial charge >= 0.3 is 0 Å². The van der Waals surface area contributed by atoms with Crippen molar-refractivity contribution in [1.29, 1.82) is 0 Å². The summed E-state index contributed by atoms with van der Waals surface area (Å²) in [4.78, 5) is 14.5. The maximum atomic E-state index is 13.9. The highest BCUT2D eigenvalue weighted by Crippen LogP contribution is 2.35. The van der Waals surface area contributed by atoms with E-state index in [9.17, 15) is 13.6 Å². The minimum atomic E-state index is -0.830. The van der Waals surface area contributed by atoms with E-state index in [1.54, 1.807) is 6.07 Å². The van der Waals surface area contributed by atoms with E-state index in [0.29, 0.717) is 31.3 Å². The Morgan fingerprint density at radius 3 is 2.91 bits per heavy atom. The number of carbonyl (C=O) groups is 1. The summed E-state index contributed by atoms with van der Waals surface area (Å²) in [5.41, 5.74) is 0.332. The van der Waals surface area contributed by atoms with E-state index in [-0.39, 0.29) is 24.0 Å². The third-order valence-corrected chi connectivity index (χ3v) is 5.07. The molecule has 2 heterocycles. The maximum absolute atomic E-state index is 13.9. The second-order valence-corrected chi connectivity index (χ2v) is 6.72. The van der Waals surface area contributed by atoms with Crippen LogP contribution < -0.4 is 5.32 Å². The predicted octanol–water partition coefficient (Wildman–Crippen LogP) is 1.83. The van der Waals surface area contributed by atoms with Crippen molar-refractivity contribution in [1.82, 2.24) is 10.2 Å². The van der Waals surface area contributed by atoms with E-state index in [0.717, 1.165) is 25.3 Å². The zero-order valence-corrected chi connectivity index (χ0v) is 12.8. The number of fused-ring (bicyclic) bond motifs is 1. The van der Waals surface area contributed by atoms with E-state index in [1.165, 1.54) is 6.07 Å². The van der Waals surface area contributed by atoms with Gasteiger partial charge in [0.1, 0.15) is 0 Å². The van der Waals surface area contributed by atoms with E-state index in [4.69, 9.17) is 4.74 Å². The molecule has 1 aromatic carbocycles. The van der Waals surface area contributed by atoms with Gasteiger partial charge in [0.2, 0.25) is 5.91 Å². The number of ether oxygens (including phenoxy) is 1. The fraction of sp³-hybridized carbons (Fsp3) is 0.588. The molecule has 2 saturated heterocycles. The molecule has 1 amide bonds. The molecule has 0 unspecified atom stereocenters. The molecular weight excluding hydrogens is 302 g/mol. The summed E-state index contributed by atoms with van der Waals surface area (Å²) >= 11 is 0.